The van der Waals surface area contributed by atoms with Crippen LogP contribution in [0.4, 0.5) is 16.2 Å². The Morgan fingerprint density at radius 1 is 1.08 bits per heavy atom. The first kappa shape index (κ1) is 17.7. The molecule has 0 saturated carbocycles. The quantitative estimate of drug-likeness (QED) is 0.850. The summed E-state index contributed by atoms with van der Waals surface area (Å²) in [5.74, 6) is 0.773. The Balaban J connectivity index is 2.00. The predicted octanol–water partition coefficient (Wildman–Crippen LogP) is 4.46. The Labute approximate surface area is 143 Å². The maximum absolute atomic E-state index is 11.7. The van der Waals surface area contributed by atoms with Crippen molar-refractivity contribution in [2.75, 3.05) is 12.4 Å². The lowest BCUT2D eigenvalue weighted by atomic mass is 10.2. The summed E-state index contributed by atoms with van der Waals surface area (Å²) in [4.78, 5) is 11.7. The van der Waals surface area contributed by atoms with Crippen LogP contribution in [0.2, 0.25) is 0 Å². The summed E-state index contributed by atoms with van der Waals surface area (Å²) >= 11 is 0. The lowest BCUT2D eigenvalue weighted by Gasteiger charge is -2.19. The molecule has 0 heterocycles. The van der Waals surface area contributed by atoms with Crippen molar-refractivity contribution in [3.05, 3.63) is 54.1 Å². The second-order valence-corrected chi connectivity index (χ2v) is 6.38. The zero-order valence-electron chi connectivity index (χ0n) is 14.6. The highest BCUT2D eigenvalue weighted by Crippen LogP contribution is 2.27. The Bertz CT molecular complexity index is 693. The van der Waals surface area contributed by atoms with Crippen molar-refractivity contribution in [1.29, 1.82) is 0 Å². The second kappa shape index (κ2) is 7.73. The minimum absolute atomic E-state index is 0.399. The number of nitrogens with one attached hydrogen (secondary N) is 2. The molecule has 24 heavy (non-hydrogen) atoms. The van der Waals surface area contributed by atoms with Crippen LogP contribution in [-0.4, -0.2) is 18.8 Å². The summed E-state index contributed by atoms with van der Waals surface area (Å²) in [5, 5.41) is 6.08. The molecule has 0 spiro atoms. The van der Waals surface area contributed by atoms with Crippen molar-refractivity contribution in [3.8, 4) is 5.75 Å². The van der Waals surface area contributed by atoms with Crippen LogP contribution in [0.1, 0.15) is 26.3 Å². The maximum Gasteiger partial charge on any atom is 0.407 e. The van der Waals surface area contributed by atoms with Gasteiger partial charge in [-0.3, -0.25) is 0 Å². The number of amides is 1. The van der Waals surface area contributed by atoms with E-state index in [9.17, 15) is 4.79 Å². The van der Waals surface area contributed by atoms with E-state index in [1.165, 1.54) is 0 Å². The highest BCUT2D eigenvalue weighted by atomic mass is 16.6. The van der Waals surface area contributed by atoms with E-state index < -0.39 is 11.7 Å². The highest BCUT2D eigenvalue weighted by molar-refractivity contribution is 5.68. The number of para-hydroxylation sites is 2. The summed E-state index contributed by atoms with van der Waals surface area (Å²) < 4.78 is 10.6. The summed E-state index contributed by atoms with van der Waals surface area (Å²) in [6.07, 6.45) is -0.425. The maximum atomic E-state index is 11.7. The minimum Gasteiger partial charge on any atom is -0.495 e. The van der Waals surface area contributed by atoms with Crippen molar-refractivity contribution >= 4 is 17.5 Å². The van der Waals surface area contributed by atoms with Crippen LogP contribution in [0.15, 0.2) is 48.5 Å². The van der Waals surface area contributed by atoms with Gasteiger partial charge in [-0.2, -0.15) is 0 Å². The average molecular weight is 328 g/mol. The molecule has 0 aliphatic rings. The molecule has 0 radical (unpaired) electrons. The van der Waals surface area contributed by atoms with Gasteiger partial charge >= 0.3 is 6.09 Å². The van der Waals surface area contributed by atoms with Gasteiger partial charge in [-0.1, -0.05) is 24.3 Å². The van der Waals surface area contributed by atoms with Crippen LogP contribution in [0.3, 0.4) is 0 Å². The number of anilines is 2. The Morgan fingerprint density at radius 2 is 1.83 bits per heavy atom. The smallest absolute Gasteiger partial charge is 0.407 e. The van der Waals surface area contributed by atoms with E-state index in [4.69, 9.17) is 9.47 Å². The molecule has 5 heteroatoms. The molecule has 0 atom stereocenters. The largest absolute Gasteiger partial charge is 0.495 e. The van der Waals surface area contributed by atoms with E-state index in [2.05, 4.69) is 10.6 Å². The summed E-state index contributed by atoms with van der Waals surface area (Å²) in [5.41, 5.74) is 2.28. The van der Waals surface area contributed by atoms with Gasteiger partial charge in [0.05, 0.1) is 12.8 Å². The van der Waals surface area contributed by atoms with Gasteiger partial charge in [0.15, 0.2) is 0 Å². The third-order valence-electron chi connectivity index (χ3n) is 3.15. The molecule has 0 bridgehead atoms. The Hall–Kier alpha value is -2.69. The third kappa shape index (κ3) is 5.50. The van der Waals surface area contributed by atoms with E-state index in [0.29, 0.717) is 6.54 Å². The first-order valence-electron chi connectivity index (χ1n) is 7.83. The minimum atomic E-state index is -0.503. The van der Waals surface area contributed by atoms with E-state index in [0.717, 1.165) is 22.7 Å². The van der Waals surface area contributed by atoms with Crippen molar-refractivity contribution in [2.24, 2.45) is 0 Å². The number of carbonyl (C=O) groups excluding carboxylic acids is 1. The lowest BCUT2D eigenvalue weighted by Crippen LogP contribution is -2.32. The van der Waals surface area contributed by atoms with Crippen molar-refractivity contribution in [2.45, 2.75) is 32.9 Å². The number of hydrogen-bond donors (Lipinski definition) is 2. The molecule has 0 aliphatic heterocycles. The van der Waals surface area contributed by atoms with Crippen LogP contribution in [-0.2, 0) is 11.3 Å². The number of ether oxygens (including phenoxy) is 2. The molecule has 0 unspecified atom stereocenters. The van der Waals surface area contributed by atoms with Crippen LogP contribution in [0.5, 0.6) is 5.75 Å². The molecule has 1 amide bonds. The zero-order chi connectivity index (χ0) is 17.6. The normalized spacial score (nSPS) is 10.8. The predicted molar refractivity (Wildman–Crippen MR) is 95.8 cm³/mol. The number of benzene rings is 2. The zero-order valence-corrected chi connectivity index (χ0v) is 14.6. The van der Waals surface area contributed by atoms with Crippen molar-refractivity contribution in [3.63, 3.8) is 0 Å². The van der Waals surface area contributed by atoms with Crippen molar-refractivity contribution < 1.29 is 14.3 Å². The summed E-state index contributed by atoms with van der Waals surface area (Å²) in [7, 11) is 1.64. The van der Waals surface area contributed by atoms with Crippen LogP contribution in [0.25, 0.3) is 0 Å². The molecule has 0 saturated heterocycles. The molecule has 2 aromatic carbocycles. The Morgan fingerprint density at radius 3 is 2.54 bits per heavy atom. The highest BCUT2D eigenvalue weighted by Gasteiger charge is 2.15. The van der Waals surface area contributed by atoms with Gasteiger partial charge in [-0.15, -0.1) is 0 Å². The average Bonchev–Trinajstić information content (AvgIpc) is 2.52. The summed E-state index contributed by atoms with van der Waals surface area (Å²) in [6.45, 7) is 5.91. The Kier molecular flexibility index (Phi) is 5.68. The number of rotatable bonds is 5. The van der Waals surface area contributed by atoms with Crippen molar-refractivity contribution in [1.82, 2.24) is 5.32 Å². The van der Waals surface area contributed by atoms with E-state index in [1.807, 2.05) is 69.3 Å². The third-order valence-corrected chi connectivity index (χ3v) is 3.15. The molecule has 5 nitrogen and oxygen atoms in total. The molecule has 128 valence electrons. The number of hydrogen-bond acceptors (Lipinski definition) is 4. The molecule has 2 rings (SSSR count). The SMILES string of the molecule is COc1ccccc1Nc1cccc(CNC(=O)OC(C)(C)C)c1. The molecule has 0 fully saturated rings. The molecule has 0 aliphatic carbocycles. The van der Waals surface area contributed by atoms with Crippen LogP contribution in [0, 0.1) is 0 Å². The monoisotopic (exact) mass is 328 g/mol. The van der Waals surface area contributed by atoms with E-state index >= 15 is 0 Å². The molecule has 2 N–H and O–H groups in total. The van der Waals surface area contributed by atoms with Gasteiger partial charge in [0.2, 0.25) is 0 Å². The first-order valence-corrected chi connectivity index (χ1v) is 7.83. The number of alkyl carbamates (subject to hydrolysis) is 1. The van der Waals surface area contributed by atoms with E-state index in [-0.39, 0.29) is 0 Å². The van der Waals surface area contributed by atoms with Gasteiger partial charge in [0, 0.05) is 12.2 Å². The standard InChI is InChI=1S/C19H24N2O3/c1-19(2,3)24-18(22)20-13-14-8-7-9-15(12-14)21-16-10-5-6-11-17(16)23-4/h5-12,21H,13H2,1-4H3,(H,20,22). The molecular formula is C19H24N2O3. The van der Waals surface area contributed by atoms with Gasteiger partial charge < -0.3 is 20.1 Å². The number of methoxy groups -OCH3 is 1. The topological polar surface area (TPSA) is 59.6 Å². The molecular weight excluding hydrogens is 304 g/mol. The van der Waals surface area contributed by atoms with Gasteiger partial charge in [-0.25, -0.2) is 4.79 Å². The van der Waals surface area contributed by atoms with Gasteiger partial charge in [0.25, 0.3) is 0 Å². The fraction of sp³-hybridized carbons (Fsp3) is 0.316. The van der Waals surface area contributed by atoms with Gasteiger partial charge in [-0.05, 0) is 50.6 Å². The van der Waals surface area contributed by atoms with E-state index in [1.54, 1.807) is 7.11 Å². The number of carbonyl (C=O) groups is 1. The fourth-order valence-electron chi connectivity index (χ4n) is 2.15. The molecule has 0 aromatic heterocycles. The van der Waals surface area contributed by atoms with Crippen LogP contribution < -0.4 is 15.4 Å². The summed E-state index contributed by atoms with van der Waals surface area (Å²) in [6, 6.07) is 15.5. The molecule has 2 aromatic rings. The second-order valence-electron chi connectivity index (χ2n) is 6.38. The fourth-order valence-corrected chi connectivity index (χ4v) is 2.15. The lowest BCUT2D eigenvalue weighted by molar-refractivity contribution is 0.0523. The first-order chi connectivity index (χ1) is 11.4. The van der Waals surface area contributed by atoms with Gasteiger partial charge in [0.1, 0.15) is 11.4 Å². The van der Waals surface area contributed by atoms with Crippen LogP contribution >= 0.6 is 0 Å².